The number of thioether (sulfide) groups is 1. The van der Waals surface area contributed by atoms with Crippen molar-refractivity contribution in [3.8, 4) is 0 Å². The quantitative estimate of drug-likeness (QED) is 0.327. The van der Waals surface area contributed by atoms with Crippen molar-refractivity contribution in [2.24, 2.45) is 0 Å². The summed E-state index contributed by atoms with van der Waals surface area (Å²) in [7, 11) is -2.86. The highest BCUT2D eigenvalue weighted by Gasteiger charge is 2.14. The molecular formula is C19H30Cl2O2S2. The van der Waals surface area contributed by atoms with Gasteiger partial charge >= 0.3 is 0 Å². The first-order valence-electron chi connectivity index (χ1n) is 9.07. The molecule has 0 aliphatic carbocycles. The molecule has 0 radical (unpaired) electrons. The Morgan fingerprint density at radius 1 is 0.920 bits per heavy atom. The minimum atomic E-state index is -2.86. The Morgan fingerprint density at radius 2 is 1.44 bits per heavy atom. The van der Waals surface area contributed by atoms with Crippen molar-refractivity contribution in [3.05, 3.63) is 33.8 Å². The van der Waals surface area contributed by atoms with Gasteiger partial charge in [-0.15, -0.1) is 0 Å². The molecule has 1 aromatic rings. The van der Waals surface area contributed by atoms with Gasteiger partial charge in [0, 0.05) is 15.8 Å². The molecule has 0 amide bonds. The van der Waals surface area contributed by atoms with Crippen molar-refractivity contribution in [3.63, 3.8) is 0 Å². The topological polar surface area (TPSA) is 34.1 Å². The van der Waals surface area contributed by atoms with Gasteiger partial charge in [-0.05, 0) is 50.1 Å². The van der Waals surface area contributed by atoms with E-state index in [0.29, 0.717) is 5.75 Å². The van der Waals surface area contributed by atoms with Crippen LogP contribution in [0.25, 0.3) is 0 Å². The largest absolute Gasteiger partial charge is 0.229 e. The highest BCUT2D eigenvalue weighted by Crippen LogP contribution is 2.28. The summed E-state index contributed by atoms with van der Waals surface area (Å²) in [6.07, 6.45) is 7.81. The van der Waals surface area contributed by atoms with E-state index in [2.05, 4.69) is 0 Å². The maximum Gasteiger partial charge on any atom is 0.152 e. The van der Waals surface area contributed by atoms with Crippen LogP contribution in [0.2, 0.25) is 10.0 Å². The number of hydrogen-bond acceptors (Lipinski definition) is 3. The second kappa shape index (κ2) is 12.5. The molecule has 0 aromatic heterocycles. The standard InChI is InChI=1S/C19H30Cl2O2S2/c1-16(2)25(22,23)14-9-7-5-3-4-6-8-13-24-15-17-18(20)11-10-12-19(17)21/h10-12,16H,3-9,13-15H2,1-2H3. The van der Waals surface area contributed by atoms with E-state index in [-0.39, 0.29) is 5.25 Å². The van der Waals surface area contributed by atoms with E-state index >= 15 is 0 Å². The number of hydrogen-bond donors (Lipinski definition) is 0. The zero-order valence-electron chi connectivity index (χ0n) is 15.3. The minimum absolute atomic E-state index is 0.245. The molecule has 0 saturated carbocycles. The average molecular weight is 425 g/mol. The Morgan fingerprint density at radius 3 is 2.00 bits per heavy atom. The highest BCUT2D eigenvalue weighted by atomic mass is 35.5. The monoisotopic (exact) mass is 424 g/mol. The lowest BCUT2D eigenvalue weighted by atomic mass is 10.1. The van der Waals surface area contributed by atoms with Crippen LogP contribution in [0.4, 0.5) is 0 Å². The lowest BCUT2D eigenvalue weighted by Gasteiger charge is -2.07. The Bertz CT molecular complexity index is 581. The Kier molecular flexibility index (Phi) is 11.6. The van der Waals surface area contributed by atoms with Crippen molar-refractivity contribution in [1.29, 1.82) is 0 Å². The fraction of sp³-hybridized carbons (Fsp3) is 0.684. The molecule has 144 valence electrons. The Balaban J connectivity index is 1.97. The summed E-state index contributed by atoms with van der Waals surface area (Å²) >= 11 is 14.2. The summed E-state index contributed by atoms with van der Waals surface area (Å²) in [6, 6.07) is 5.64. The van der Waals surface area contributed by atoms with E-state index in [1.54, 1.807) is 13.8 Å². The molecular weight excluding hydrogens is 395 g/mol. The normalized spacial score (nSPS) is 12.0. The molecule has 1 aromatic carbocycles. The first-order chi connectivity index (χ1) is 11.8. The number of rotatable bonds is 13. The second-order valence-electron chi connectivity index (χ2n) is 6.64. The fourth-order valence-electron chi connectivity index (χ4n) is 2.47. The van der Waals surface area contributed by atoms with Crippen LogP contribution in [0.3, 0.4) is 0 Å². The van der Waals surface area contributed by atoms with E-state index in [4.69, 9.17) is 23.2 Å². The molecule has 0 aliphatic rings. The van der Waals surface area contributed by atoms with Crippen LogP contribution in [0.5, 0.6) is 0 Å². The van der Waals surface area contributed by atoms with Gasteiger partial charge in [-0.2, -0.15) is 11.8 Å². The van der Waals surface area contributed by atoms with Crippen LogP contribution >= 0.6 is 35.0 Å². The average Bonchev–Trinajstić information content (AvgIpc) is 2.54. The molecule has 25 heavy (non-hydrogen) atoms. The zero-order chi connectivity index (χ0) is 18.7. The SMILES string of the molecule is CC(C)S(=O)(=O)CCCCCCCCCSCc1c(Cl)cccc1Cl. The van der Waals surface area contributed by atoms with Crippen LogP contribution in [0, 0.1) is 0 Å². The van der Waals surface area contributed by atoms with E-state index in [9.17, 15) is 8.42 Å². The van der Waals surface area contributed by atoms with Crippen LogP contribution < -0.4 is 0 Å². The third-order valence-corrected chi connectivity index (χ3v) is 8.32. The van der Waals surface area contributed by atoms with Gasteiger partial charge in [0.15, 0.2) is 9.84 Å². The van der Waals surface area contributed by atoms with E-state index < -0.39 is 9.84 Å². The summed E-state index contributed by atoms with van der Waals surface area (Å²) in [6.45, 7) is 3.51. The number of unbranched alkanes of at least 4 members (excludes halogenated alkanes) is 6. The van der Waals surface area contributed by atoms with Gasteiger partial charge in [0.2, 0.25) is 0 Å². The predicted octanol–water partition coefficient (Wildman–Crippen LogP) is 6.78. The number of benzene rings is 1. The minimum Gasteiger partial charge on any atom is -0.229 e. The van der Waals surface area contributed by atoms with Gasteiger partial charge in [-0.1, -0.05) is 61.4 Å². The summed E-state index contributed by atoms with van der Waals surface area (Å²) in [5.41, 5.74) is 1.03. The Labute approximate surface area is 168 Å². The molecule has 0 fully saturated rings. The van der Waals surface area contributed by atoms with Gasteiger partial charge < -0.3 is 0 Å². The smallest absolute Gasteiger partial charge is 0.152 e. The van der Waals surface area contributed by atoms with Crippen molar-refractivity contribution < 1.29 is 8.42 Å². The van der Waals surface area contributed by atoms with E-state index in [1.807, 2.05) is 30.0 Å². The molecule has 6 heteroatoms. The summed E-state index contributed by atoms with van der Waals surface area (Å²) < 4.78 is 23.4. The van der Waals surface area contributed by atoms with Crippen LogP contribution in [0.1, 0.15) is 64.4 Å². The molecule has 0 saturated heterocycles. The van der Waals surface area contributed by atoms with Crippen molar-refractivity contribution >= 4 is 44.8 Å². The zero-order valence-corrected chi connectivity index (χ0v) is 18.4. The van der Waals surface area contributed by atoms with Gasteiger partial charge in [-0.25, -0.2) is 8.42 Å². The lowest BCUT2D eigenvalue weighted by Crippen LogP contribution is -2.17. The second-order valence-corrected chi connectivity index (χ2v) is 11.2. The molecule has 0 aliphatic heterocycles. The molecule has 0 heterocycles. The number of halogens is 2. The van der Waals surface area contributed by atoms with Crippen LogP contribution in [-0.4, -0.2) is 25.2 Å². The summed E-state index contributed by atoms with van der Waals surface area (Å²) in [5, 5.41) is 1.25. The van der Waals surface area contributed by atoms with Crippen LogP contribution in [-0.2, 0) is 15.6 Å². The first kappa shape index (κ1) is 23.1. The van der Waals surface area contributed by atoms with Gasteiger partial charge in [0.1, 0.15) is 0 Å². The molecule has 0 spiro atoms. The molecule has 2 nitrogen and oxygen atoms in total. The molecule has 0 atom stereocenters. The van der Waals surface area contributed by atoms with Gasteiger partial charge in [0.05, 0.1) is 11.0 Å². The van der Waals surface area contributed by atoms with Gasteiger partial charge in [0.25, 0.3) is 0 Å². The third-order valence-electron chi connectivity index (χ3n) is 4.24. The lowest BCUT2D eigenvalue weighted by molar-refractivity contribution is 0.573. The molecule has 0 N–H and O–H groups in total. The molecule has 1 rings (SSSR count). The third kappa shape index (κ3) is 9.55. The molecule has 0 bridgehead atoms. The maximum atomic E-state index is 11.7. The van der Waals surface area contributed by atoms with E-state index in [1.165, 1.54) is 25.7 Å². The molecule has 0 unspecified atom stereocenters. The Hall–Kier alpha value is 0.1000. The highest BCUT2D eigenvalue weighted by molar-refractivity contribution is 7.98. The first-order valence-corrected chi connectivity index (χ1v) is 12.7. The van der Waals surface area contributed by atoms with Crippen molar-refractivity contribution in [2.45, 2.75) is 69.8 Å². The van der Waals surface area contributed by atoms with Crippen molar-refractivity contribution in [1.82, 2.24) is 0 Å². The van der Waals surface area contributed by atoms with Gasteiger partial charge in [-0.3, -0.25) is 0 Å². The number of sulfone groups is 1. The summed E-state index contributed by atoms with van der Waals surface area (Å²) in [4.78, 5) is 0. The maximum absolute atomic E-state index is 11.7. The van der Waals surface area contributed by atoms with Crippen molar-refractivity contribution in [2.75, 3.05) is 11.5 Å². The van der Waals surface area contributed by atoms with E-state index in [0.717, 1.165) is 46.4 Å². The predicted molar refractivity (Wildman–Crippen MR) is 114 cm³/mol. The summed E-state index contributed by atoms with van der Waals surface area (Å²) in [5.74, 6) is 2.32. The van der Waals surface area contributed by atoms with Crippen LogP contribution in [0.15, 0.2) is 18.2 Å². The fourth-order valence-corrected chi connectivity index (χ4v) is 5.31.